The van der Waals surface area contributed by atoms with Gasteiger partial charge in [0.1, 0.15) is 5.75 Å². The van der Waals surface area contributed by atoms with Gasteiger partial charge in [-0.25, -0.2) is 0 Å². The maximum Gasteiger partial charge on any atom is 0.123 e. The molecule has 0 radical (unpaired) electrons. The van der Waals surface area contributed by atoms with Gasteiger partial charge in [0.2, 0.25) is 0 Å². The van der Waals surface area contributed by atoms with E-state index < -0.39 is 0 Å². The lowest BCUT2D eigenvalue weighted by molar-refractivity contribution is 0.291. The highest BCUT2D eigenvalue weighted by atomic mass is 127. The molecule has 1 aliphatic rings. The molecule has 0 aliphatic carbocycles. The van der Waals surface area contributed by atoms with Gasteiger partial charge < -0.3 is 4.74 Å². The average molecular weight is 399 g/mol. The average Bonchev–Trinajstić information content (AvgIpc) is 2.73. The van der Waals surface area contributed by atoms with Crippen molar-refractivity contribution < 1.29 is 4.74 Å². The van der Waals surface area contributed by atoms with Crippen LogP contribution in [0.25, 0.3) is 0 Å². The Morgan fingerprint density at radius 1 is 1.15 bits per heavy atom. The Balaban J connectivity index is 1.99. The lowest BCUT2D eigenvalue weighted by Crippen LogP contribution is -2.18. The van der Waals surface area contributed by atoms with Gasteiger partial charge >= 0.3 is 0 Å². The number of ether oxygens (including phenoxy) is 1. The Morgan fingerprint density at radius 2 is 1.90 bits per heavy atom. The third-order valence-corrected chi connectivity index (χ3v) is 4.93. The molecule has 0 fully saturated rings. The highest BCUT2D eigenvalue weighted by Gasteiger charge is 2.32. The van der Waals surface area contributed by atoms with Gasteiger partial charge in [0, 0.05) is 14.5 Å². The van der Waals surface area contributed by atoms with E-state index in [-0.39, 0.29) is 10.8 Å². The fourth-order valence-electron chi connectivity index (χ4n) is 2.55. The van der Waals surface area contributed by atoms with Crippen LogP contribution < -0.4 is 4.74 Å². The summed E-state index contributed by atoms with van der Waals surface area (Å²) in [5.41, 5.74) is 3.58. The zero-order chi connectivity index (χ0) is 14.3. The number of rotatable bonds is 2. The van der Waals surface area contributed by atoms with Gasteiger partial charge in [0.15, 0.2) is 0 Å². The molecule has 0 bridgehead atoms. The van der Waals surface area contributed by atoms with Crippen molar-refractivity contribution in [2.45, 2.75) is 24.6 Å². The molecule has 0 spiro atoms. The number of halogens is 2. The number of benzene rings is 2. The van der Waals surface area contributed by atoms with Crippen LogP contribution in [0.5, 0.6) is 5.75 Å². The molecule has 3 rings (SSSR count). The summed E-state index contributed by atoms with van der Waals surface area (Å²) in [6.45, 7) is 5.15. The fourth-order valence-corrected chi connectivity index (χ4v) is 3.39. The van der Waals surface area contributed by atoms with Crippen molar-refractivity contribution in [2.75, 3.05) is 6.61 Å². The molecule has 2 aromatic rings. The molecule has 1 atom stereocenters. The standard InChI is InChI=1S/C17H16ClIO/c1-17(2)10-20-15-7-6-12(9-14(15)17)16(18)11-4-3-5-13(19)8-11/h3-9,16H,10H2,1-2H3. The van der Waals surface area contributed by atoms with Crippen molar-refractivity contribution >= 4 is 34.2 Å². The third-order valence-electron chi connectivity index (χ3n) is 3.76. The SMILES string of the molecule is CC1(C)COc2ccc(C(Cl)c3cccc(I)c3)cc21. The Hall–Kier alpha value is -0.740. The van der Waals surface area contributed by atoms with E-state index in [1.807, 2.05) is 12.1 Å². The summed E-state index contributed by atoms with van der Waals surface area (Å²) in [4.78, 5) is 0. The number of alkyl halides is 1. The van der Waals surface area contributed by atoms with Crippen LogP contribution in [0.3, 0.4) is 0 Å². The zero-order valence-corrected chi connectivity index (χ0v) is 14.4. The Morgan fingerprint density at radius 3 is 2.65 bits per heavy atom. The minimum Gasteiger partial charge on any atom is -0.492 e. The van der Waals surface area contributed by atoms with Crippen LogP contribution in [-0.2, 0) is 5.41 Å². The zero-order valence-electron chi connectivity index (χ0n) is 11.5. The van der Waals surface area contributed by atoms with E-state index in [1.165, 1.54) is 9.13 Å². The highest BCUT2D eigenvalue weighted by Crippen LogP contribution is 2.41. The number of hydrogen-bond donors (Lipinski definition) is 0. The molecule has 3 heteroatoms. The van der Waals surface area contributed by atoms with Crippen LogP contribution in [0.1, 0.15) is 35.9 Å². The van der Waals surface area contributed by atoms with Crippen LogP contribution >= 0.6 is 34.2 Å². The predicted molar refractivity (Wildman–Crippen MR) is 91.8 cm³/mol. The molecule has 0 saturated carbocycles. The molecule has 0 amide bonds. The van der Waals surface area contributed by atoms with E-state index in [9.17, 15) is 0 Å². The van der Waals surface area contributed by atoms with E-state index >= 15 is 0 Å². The molecule has 0 N–H and O–H groups in total. The van der Waals surface area contributed by atoms with Gasteiger partial charge in [-0.2, -0.15) is 0 Å². The molecule has 20 heavy (non-hydrogen) atoms. The van der Waals surface area contributed by atoms with Crippen molar-refractivity contribution in [3.05, 3.63) is 62.7 Å². The minimum atomic E-state index is -0.119. The van der Waals surface area contributed by atoms with E-state index in [2.05, 4.69) is 66.8 Å². The molecule has 1 unspecified atom stereocenters. The maximum absolute atomic E-state index is 6.65. The molecule has 0 aromatic heterocycles. The Labute approximate surface area is 138 Å². The smallest absolute Gasteiger partial charge is 0.123 e. The van der Waals surface area contributed by atoms with Crippen molar-refractivity contribution in [3.63, 3.8) is 0 Å². The summed E-state index contributed by atoms with van der Waals surface area (Å²) in [5.74, 6) is 0.991. The van der Waals surface area contributed by atoms with Gasteiger partial charge in [-0.1, -0.05) is 32.0 Å². The summed E-state index contributed by atoms with van der Waals surface area (Å²) in [6.07, 6.45) is 0. The molecule has 1 aliphatic heterocycles. The van der Waals surface area contributed by atoms with Crippen molar-refractivity contribution in [3.8, 4) is 5.75 Å². The van der Waals surface area contributed by atoms with Crippen LogP contribution in [0, 0.1) is 3.57 Å². The van der Waals surface area contributed by atoms with E-state index in [1.54, 1.807) is 0 Å². The monoisotopic (exact) mass is 398 g/mol. The summed E-state index contributed by atoms with van der Waals surface area (Å²) < 4.78 is 6.93. The third kappa shape index (κ3) is 2.56. The van der Waals surface area contributed by atoms with Crippen molar-refractivity contribution in [2.24, 2.45) is 0 Å². The van der Waals surface area contributed by atoms with Gasteiger partial charge in [-0.3, -0.25) is 0 Å². The van der Waals surface area contributed by atoms with Gasteiger partial charge in [-0.15, -0.1) is 11.6 Å². The topological polar surface area (TPSA) is 9.23 Å². The van der Waals surface area contributed by atoms with Crippen LogP contribution in [0.15, 0.2) is 42.5 Å². The van der Waals surface area contributed by atoms with Gasteiger partial charge in [0.25, 0.3) is 0 Å². The van der Waals surface area contributed by atoms with E-state index in [4.69, 9.17) is 16.3 Å². The van der Waals surface area contributed by atoms with Crippen LogP contribution in [0.4, 0.5) is 0 Å². The molecular weight excluding hydrogens is 383 g/mol. The van der Waals surface area contributed by atoms with Crippen LogP contribution in [0.2, 0.25) is 0 Å². The molecule has 2 aromatic carbocycles. The molecule has 0 saturated heterocycles. The normalized spacial score (nSPS) is 17.4. The minimum absolute atomic E-state index is 0.0626. The molecular formula is C17H16ClIO. The first kappa shape index (κ1) is 14.2. The van der Waals surface area contributed by atoms with E-state index in [0.29, 0.717) is 0 Å². The quantitative estimate of drug-likeness (QED) is 0.493. The first-order chi connectivity index (χ1) is 9.47. The summed E-state index contributed by atoms with van der Waals surface area (Å²) in [6, 6.07) is 14.6. The van der Waals surface area contributed by atoms with Gasteiger partial charge in [-0.05, 0) is 58.0 Å². The first-order valence-corrected chi connectivity index (χ1v) is 8.16. The van der Waals surface area contributed by atoms with Crippen molar-refractivity contribution in [1.29, 1.82) is 0 Å². The second-order valence-corrected chi connectivity index (χ2v) is 7.53. The molecule has 104 valence electrons. The molecule has 1 heterocycles. The van der Waals surface area contributed by atoms with Crippen molar-refractivity contribution in [1.82, 2.24) is 0 Å². The fraction of sp³-hybridized carbons (Fsp3) is 0.294. The number of hydrogen-bond acceptors (Lipinski definition) is 1. The lowest BCUT2D eigenvalue weighted by Gasteiger charge is -2.17. The Kier molecular flexibility index (Phi) is 3.71. The summed E-state index contributed by atoms with van der Waals surface area (Å²) in [5, 5.41) is -0.119. The van der Waals surface area contributed by atoms with Crippen LogP contribution in [-0.4, -0.2) is 6.61 Å². The first-order valence-electron chi connectivity index (χ1n) is 6.64. The predicted octanol–water partition coefficient (Wildman–Crippen LogP) is 5.29. The maximum atomic E-state index is 6.65. The molecule has 1 nitrogen and oxygen atoms in total. The van der Waals surface area contributed by atoms with E-state index in [0.717, 1.165) is 23.5 Å². The lowest BCUT2D eigenvalue weighted by atomic mass is 9.85. The summed E-state index contributed by atoms with van der Waals surface area (Å²) in [7, 11) is 0. The largest absolute Gasteiger partial charge is 0.492 e. The number of fused-ring (bicyclic) bond motifs is 1. The second kappa shape index (κ2) is 5.23. The second-order valence-electron chi connectivity index (χ2n) is 5.85. The Bertz CT molecular complexity index is 651. The highest BCUT2D eigenvalue weighted by molar-refractivity contribution is 14.1. The summed E-state index contributed by atoms with van der Waals surface area (Å²) >= 11 is 8.97. The van der Waals surface area contributed by atoms with Gasteiger partial charge in [0.05, 0.1) is 12.0 Å².